The highest BCUT2D eigenvalue weighted by molar-refractivity contribution is 8.00. The molecule has 0 spiro atoms. The normalized spacial score (nSPS) is 11.7. The van der Waals surface area contributed by atoms with Gasteiger partial charge in [0.2, 0.25) is 11.8 Å². The average Bonchev–Trinajstić information content (AvgIpc) is 2.54. The molecule has 7 heteroatoms. The summed E-state index contributed by atoms with van der Waals surface area (Å²) in [6.45, 7) is 3.54. The summed E-state index contributed by atoms with van der Waals surface area (Å²) in [5.41, 5.74) is 1.96. The molecule has 0 heterocycles. The van der Waals surface area contributed by atoms with Crippen LogP contribution in [0, 0.1) is 18.6 Å². The summed E-state index contributed by atoms with van der Waals surface area (Å²) in [4.78, 5) is 23.8. The molecule has 0 aromatic heterocycles. The van der Waals surface area contributed by atoms with Crippen LogP contribution in [0.5, 0.6) is 0 Å². The highest BCUT2D eigenvalue weighted by Gasteiger charge is 2.14. The van der Waals surface area contributed by atoms with Gasteiger partial charge < -0.3 is 10.6 Å². The van der Waals surface area contributed by atoms with E-state index in [1.165, 1.54) is 6.07 Å². The predicted molar refractivity (Wildman–Crippen MR) is 100 cm³/mol. The molecule has 0 bridgehead atoms. The lowest BCUT2D eigenvalue weighted by Gasteiger charge is -2.15. The van der Waals surface area contributed by atoms with Crippen LogP contribution in [-0.2, 0) is 9.59 Å². The molecule has 0 aliphatic heterocycles. The second-order valence-corrected chi connectivity index (χ2v) is 6.85. The van der Waals surface area contributed by atoms with E-state index in [2.05, 4.69) is 10.6 Å². The zero-order valence-electron chi connectivity index (χ0n) is 14.5. The predicted octanol–water partition coefficient (Wildman–Crippen LogP) is 3.82. The van der Waals surface area contributed by atoms with Crippen LogP contribution in [0.1, 0.15) is 24.1 Å². The van der Waals surface area contributed by atoms with Gasteiger partial charge in [-0.2, -0.15) is 0 Å². The fraction of sp³-hybridized carbons (Fsp3) is 0.263. The van der Waals surface area contributed by atoms with Crippen molar-refractivity contribution in [3.8, 4) is 0 Å². The molecular formula is C19H20F2N2O2S. The van der Waals surface area contributed by atoms with E-state index in [0.29, 0.717) is 5.69 Å². The standard InChI is InChI=1S/C19H20F2N2O2S/c1-12-4-3-5-15(8-12)23-19(25)11-26-10-18(24)22-13(2)16-7-6-14(20)9-17(16)21/h3-9,13H,10-11H2,1-2H3,(H,22,24)(H,23,25). The van der Waals surface area contributed by atoms with Crippen LogP contribution >= 0.6 is 11.8 Å². The van der Waals surface area contributed by atoms with E-state index in [1.807, 2.05) is 25.1 Å². The van der Waals surface area contributed by atoms with Gasteiger partial charge in [-0.15, -0.1) is 11.8 Å². The molecule has 138 valence electrons. The van der Waals surface area contributed by atoms with Gasteiger partial charge in [-0.3, -0.25) is 9.59 Å². The molecule has 2 aromatic carbocycles. The lowest BCUT2D eigenvalue weighted by Crippen LogP contribution is -2.29. The Balaban J connectivity index is 1.75. The summed E-state index contributed by atoms with van der Waals surface area (Å²) in [5, 5.41) is 5.39. The van der Waals surface area contributed by atoms with Crippen molar-refractivity contribution >= 4 is 29.3 Å². The van der Waals surface area contributed by atoms with E-state index < -0.39 is 17.7 Å². The minimum absolute atomic E-state index is 0.0639. The third-order valence-electron chi connectivity index (χ3n) is 3.57. The quantitative estimate of drug-likeness (QED) is 0.770. The van der Waals surface area contributed by atoms with E-state index in [9.17, 15) is 18.4 Å². The largest absolute Gasteiger partial charge is 0.349 e. The number of carbonyl (C=O) groups excluding carboxylic acids is 2. The fourth-order valence-corrected chi connectivity index (χ4v) is 3.00. The molecule has 1 unspecified atom stereocenters. The van der Waals surface area contributed by atoms with Crippen molar-refractivity contribution < 1.29 is 18.4 Å². The first-order chi connectivity index (χ1) is 12.3. The highest BCUT2D eigenvalue weighted by atomic mass is 32.2. The van der Waals surface area contributed by atoms with Crippen molar-refractivity contribution in [1.82, 2.24) is 5.32 Å². The lowest BCUT2D eigenvalue weighted by atomic mass is 10.1. The average molecular weight is 378 g/mol. The number of hydrogen-bond donors (Lipinski definition) is 2. The maximum absolute atomic E-state index is 13.7. The van der Waals surface area contributed by atoms with Gasteiger partial charge in [0, 0.05) is 17.3 Å². The molecule has 4 nitrogen and oxygen atoms in total. The Bertz CT molecular complexity index is 799. The van der Waals surface area contributed by atoms with Crippen molar-refractivity contribution in [1.29, 1.82) is 0 Å². The number of thioether (sulfide) groups is 1. The molecule has 2 rings (SSSR count). The molecule has 2 aromatic rings. The molecule has 0 aliphatic rings. The summed E-state index contributed by atoms with van der Waals surface area (Å²) >= 11 is 1.16. The molecule has 2 N–H and O–H groups in total. The van der Waals surface area contributed by atoms with Gasteiger partial charge in [0.1, 0.15) is 11.6 Å². The van der Waals surface area contributed by atoms with E-state index in [-0.39, 0.29) is 28.9 Å². The Morgan fingerprint density at radius 2 is 1.81 bits per heavy atom. The van der Waals surface area contributed by atoms with Gasteiger partial charge in [-0.25, -0.2) is 8.78 Å². The van der Waals surface area contributed by atoms with Gasteiger partial charge in [0.05, 0.1) is 17.5 Å². The summed E-state index contributed by atoms with van der Waals surface area (Å²) < 4.78 is 26.6. The molecule has 0 aliphatic carbocycles. The zero-order chi connectivity index (χ0) is 19.1. The number of anilines is 1. The molecule has 0 saturated heterocycles. The Labute approximate surface area is 155 Å². The Hall–Kier alpha value is -2.41. The summed E-state index contributed by atoms with van der Waals surface area (Å²) in [5.74, 6) is -1.71. The third-order valence-corrected chi connectivity index (χ3v) is 4.51. The number of hydrogen-bond acceptors (Lipinski definition) is 3. The molecular weight excluding hydrogens is 358 g/mol. The van der Waals surface area contributed by atoms with Crippen LogP contribution in [0.15, 0.2) is 42.5 Å². The first-order valence-corrected chi connectivity index (χ1v) is 9.19. The molecule has 0 saturated carbocycles. The van der Waals surface area contributed by atoms with Crippen LogP contribution in [0.2, 0.25) is 0 Å². The first-order valence-electron chi connectivity index (χ1n) is 8.03. The summed E-state index contributed by atoms with van der Waals surface area (Å²) in [7, 11) is 0. The first kappa shape index (κ1) is 19.9. The van der Waals surface area contributed by atoms with Gasteiger partial charge in [0.25, 0.3) is 0 Å². The van der Waals surface area contributed by atoms with Gasteiger partial charge in [-0.05, 0) is 37.6 Å². The maximum Gasteiger partial charge on any atom is 0.234 e. The molecule has 2 amide bonds. The molecule has 0 fully saturated rings. The van der Waals surface area contributed by atoms with E-state index >= 15 is 0 Å². The van der Waals surface area contributed by atoms with Crippen molar-refractivity contribution in [3.05, 3.63) is 65.2 Å². The fourth-order valence-electron chi connectivity index (χ4n) is 2.37. The van der Waals surface area contributed by atoms with Crippen molar-refractivity contribution in [2.75, 3.05) is 16.8 Å². The monoisotopic (exact) mass is 378 g/mol. The minimum Gasteiger partial charge on any atom is -0.349 e. The van der Waals surface area contributed by atoms with Crippen molar-refractivity contribution in [2.45, 2.75) is 19.9 Å². The van der Waals surface area contributed by atoms with Crippen molar-refractivity contribution in [2.24, 2.45) is 0 Å². The molecule has 0 radical (unpaired) electrons. The van der Waals surface area contributed by atoms with Crippen LogP contribution in [0.4, 0.5) is 14.5 Å². The van der Waals surface area contributed by atoms with Crippen LogP contribution < -0.4 is 10.6 Å². The number of carbonyl (C=O) groups is 2. The van der Waals surface area contributed by atoms with E-state index in [1.54, 1.807) is 13.0 Å². The van der Waals surface area contributed by atoms with Gasteiger partial charge in [-0.1, -0.05) is 18.2 Å². The maximum atomic E-state index is 13.7. The van der Waals surface area contributed by atoms with Gasteiger partial charge >= 0.3 is 0 Å². The number of benzene rings is 2. The van der Waals surface area contributed by atoms with E-state index in [0.717, 1.165) is 29.5 Å². The minimum atomic E-state index is -0.706. The smallest absolute Gasteiger partial charge is 0.234 e. The number of amides is 2. The van der Waals surface area contributed by atoms with Crippen LogP contribution in [-0.4, -0.2) is 23.3 Å². The Kier molecular flexibility index (Phi) is 7.15. The summed E-state index contributed by atoms with van der Waals surface area (Å²) in [6.07, 6.45) is 0. The molecule has 26 heavy (non-hydrogen) atoms. The molecule has 1 atom stereocenters. The second kappa shape index (κ2) is 9.33. The lowest BCUT2D eigenvalue weighted by molar-refractivity contribution is -0.119. The van der Waals surface area contributed by atoms with Gasteiger partial charge in [0.15, 0.2) is 0 Å². The second-order valence-electron chi connectivity index (χ2n) is 5.87. The number of aryl methyl sites for hydroxylation is 1. The van der Waals surface area contributed by atoms with E-state index in [4.69, 9.17) is 0 Å². The zero-order valence-corrected chi connectivity index (χ0v) is 15.3. The topological polar surface area (TPSA) is 58.2 Å². The SMILES string of the molecule is Cc1cccc(NC(=O)CSCC(=O)NC(C)c2ccc(F)cc2F)c1. The third kappa shape index (κ3) is 6.15. The van der Waals surface area contributed by atoms with Crippen molar-refractivity contribution in [3.63, 3.8) is 0 Å². The van der Waals surface area contributed by atoms with Crippen LogP contribution in [0.25, 0.3) is 0 Å². The number of halogens is 2. The summed E-state index contributed by atoms with van der Waals surface area (Å²) in [6, 6.07) is 10.1. The Morgan fingerprint density at radius 1 is 1.08 bits per heavy atom. The number of nitrogens with one attached hydrogen (secondary N) is 2. The van der Waals surface area contributed by atoms with Crippen LogP contribution in [0.3, 0.4) is 0 Å². The Morgan fingerprint density at radius 3 is 2.50 bits per heavy atom. The number of rotatable bonds is 7. The highest BCUT2D eigenvalue weighted by Crippen LogP contribution is 2.18.